The number of ether oxygens (including phenoxy) is 4. The Kier molecular flexibility index (Phi) is 6.21. The van der Waals surface area contributed by atoms with Gasteiger partial charge in [0.15, 0.2) is 0 Å². The SMILES string of the molecule is C=C(CO[C@H]1CC=CC[C@H]1OCC(=C)C1=CCOC1)C1=CCOC1. The van der Waals surface area contributed by atoms with Crippen molar-refractivity contribution < 1.29 is 18.9 Å². The Hall–Kier alpha value is -1.46. The van der Waals surface area contributed by atoms with Gasteiger partial charge in [0.1, 0.15) is 0 Å². The van der Waals surface area contributed by atoms with Crippen LogP contribution in [0.5, 0.6) is 0 Å². The third-order valence-corrected chi connectivity index (χ3v) is 4.58. The first-order chi connectivity index (χ1) is 11.7. The molecule has 0 saturated heterocycles. The lowest BCUT2D eigenvalue weighted by Crippen LogP contribution is -2.34. The Morgan fingerprint density at radius 3 is 1.71 bits per heavy atom. The van der Waals surface area contributed by atoms with Crippen molar-refractivity contribution in [2.45, 2.75) is 25.0 Å². The summed E-state index contributed by atoms with van der Waals surface area (Å²) in [5.41, 5.74) is 4.30. The van der Waals surface area contributed by atoms with Crippen LogP contribution in [0.15, 0.2) is 59.8 Å². The third kappa shape index (κ3) is 4.54. The van der Waals surface area contributed by atoms with Crippen molar-refractivity contribution in [2.75, 3.05) is 39.6 Å². The van der Waals surface area contributed by atoms with Crippen LogP contribution in [0.3, 0.4) is 0 Å². The first kappa shape index (κ1) is 17.4. The van der Waals surface area contributed by atoms with Crippen molar-refractivity contribution >= 4 is 0 Å². The molecule has 2 atom stereocenters. The van der Waals surface area contributed by atoms with Crippen molar-refractivity contribution in [1.29, 1.82) is 0 Å². The van der Waals surface area contributed by atoms with Crippen molar-refractivity contribution in [3.8, 4) is 0 Å². The van der Waals surface area contributed by atoms with E-state index in [1.54, 1.807) is 0 Å². The minimum absolute atomic E-state index is 0.0521. The molecule has 0 radical (unpaired) electrons. The van der Waals surface area contributed by atoms with E-state index in [-0.39, 0.29) is 12.2 Å². The van der Waals surface area contributed by atoms with E-state index in [2.05, 4.69) is 37.5 Å². The number of hydrogen-bond acceptors (Lipinski definition) is 4. The maximum atomic E-state index is 6.09. The highest BCUT2D eigenvalue weighted by molar-refractivity contribution is 5.32. The molecule has 0 fully saturated rings. The topological polar surface area (TPSA) is 36.9 Å². The summed E-state index contributed by atoms with van der Waals surface area (Å²) in [4.78, 5) is 0. The van der Waals surface area contributed by atoms with Crippen LogP contribution in [0.2, 0.25) is 0 Å². The summed E-state index contributed by atoms with van der Waals surface area (Å²) in [6.45, 7) is 11.9. The van der Waals surface area contributed by atoms with E-state index >= 15 is 0 Å². The van der Waals surface area contributed by atoms with Crippen LogP contribution in [0.4, 0.5) is 0 Å². The highest BCUT2D eigenvalue weighted by Crippen LogP contribution is 2.23. The van der Waals surface area contributed by atoms with E-state index in [1.165, 1.54) is 0 Å². The summed E-state index contributed by atoms with van der Waals surface area (Å²) >= 11 is 0. The zero-order chi connectivity index (χ0) is 16.8. The first-order valence-electron chi connectivity index (χ1n) is 8.52. The van der Waals surface area contributed by atoms with Crippen LogP contribution < -0.4 is 0 Å². The van der Waals surface area contributed by atoms with Crippen LogP contribution in [-0.2, 0) is 18.9 Å². The number of rotatable bonds is 8. The molecule has 2 aliphatic heterocycles. The molecule has 3 aliphatic rings. The van der Waals surface area contributed by atoms with Gasteiger partial charge >= 0.3 is 0 Å². The maximum absolute atomic E-state index is 6.09. The average Bonchev–Trinajstić information content (AvgIpc) is 3.31. The Morgan fingerprint density at radius 2 is 1.33 bits per heavy atom. The van der Waals surface area contributed by atoms with Gasteiger partial charge in [-0.3, -0.25) is 0 Å². The van der Waals surface area contributed by atoms with E-state index in [4.69, 9.17) is 18.9 Å². The summed E-state index contributed by atoms with van der Waals surface area (Å²) in [5, 5.41) is 0. The largest absolute Gasteiger partial charge is 0.373 e. The van der Waals surface area contributed by atoms with E-state index in [9.17, 15) is 0 Å². The normalized spacial score (nSPS) is 26.3. The number of hydrogen-bond donors (Lipinski definition) is 0. The summed E-state index contributed by atoms with van der Waals surface area (Å²) in [7, 11) is 0. The second kappa shape index (κ2) is 8.58. The molecule has 2 heterocycles. The van der Waals surface area contributed by atoms with Crippen LogP contribution in [0, 0.1) is 0 Å². The fourth-order valence-corrected chi connectivity index (χ4v) is 2.98. The molecule has 0 unspecified atom stereocenters. The van der Waals surface area contributed by atoms with Crippen LogP contribution in [0.25, 0.3) is 0 Å². The monoisotopic (exact) mass is 330 g/mol. The fraction of sp³-hybridized carbons (Fsp3) is 0.500. The molecule has 24 heavy (non-hydrogen) atoms. The van der Waals surface area contributed by atoms with Gasteiger partial charge in [-0.2, -0.15) is 0 Å². The van der Waals surface area contributed by atoms with E-state index in [0.717, 1.165) is 35.1 Å². The summed E-state index contributed by atoms with van der Waals surface area (Å²) < 4.78 is 22.8. The van der Waals surface area contributed by atoms with Gasteiger partial charge in [-0.1, -0.05) is 37.5 Å². The predicted octanol–water partition coefficient (Wildman–Crippen LogP) is 3.13. The molecule has 4 heteroatoms. The average molecular weight is 330 g/mol. The quantitative estimate of drug-likeness (QED) is 0.641. The predicted molar refractivity (Wildman–Crippen MR) is 93.9 cm³/mol. The highest BCUT2D eigenvalue weighted by atomic mass is 16.5. The van der Waals surface area contributed by atoms with Crippen molar-refractivity contribution in [3.05, 3.63) is 59.8 Å². The molecule has 0 N–H and O–H groups in total. The van der Waals surface area contributed by atoms with Crippen molar-refractivity contribution in [1.82, 2.24) is 0 Å². The molecule has 0 bridgehead atoms. The lowest BCUT2D eigenvalue weighted by molar-refractivity contribution is -0.0609. The van der Waals surface area contributed by atoms with Gasteiger partial charge in [0.2, 0.25) is 0 Å². The van der Waals surface area contributed by atoms with Gasteiger partial charge < -0.3 is 18.9 Å². The van der Waals surface area contributed by atoms with Crippen molar-refractivity contribution in [3.63, 3.8) is 0 Å². The lowest BCUT2D eigenvalue weighted by Gasteiger charge is -2.29. The molecule has 0 aromatic heterocycles. The van der Waals surface area contributed by atoms with Crippen LogP contribution >= 0.6 is 0 Å². The van der Waals surface area contributed by atoms with E-state index < -0.39 is 0 Å². The van der Waals surface area contributed by atoms with Gasteiger partial charge in [0, 0.05) is 0 Å². The molecule has 1 aliphatic carbocycles. The molecule has 0 aromatic carbocycles. The molecular formula is C20H26O4. The Morgan fingerprint density at radius 1 is 0.875 bits per heavy atom. The Bertz CT molecular complexity index is 520. The van der Waals surface area contributed by atoms with E-state index in [0.29, 0.717) is 39.6 Å². The van der Waals surface area contributed by atoms with Crippen LogP contribution in [0.1, 0.15) is 12.8 Å². The van der Waals surface area contributed by atoms with Gasteiger partial charge in [0.05, 0.1) is 51.8 Å². The second-order valence-corrected chi connectivity index (χ2v) is 6.34. The molecular weight excluding hydrogens is 304 g/mol. The zero-order valence-corrected chi connectivity index (χ0v) is 14.2. The summed E-state index contributed by atoms with van der Waals surface area (Å²) in [6.07, 6.45) is 10.3. The molecule has 130 valence electrons. The standard InChI is InChI=1S/C20H26O4/c1-15(17-7-9-21-13-17)11-23-19-5-3-4-6-20(19)24-12-16(2)18-8-10-22-14-18/h3-4,7-8,19-20H,1-2,5-6,9-14H2/t19-,20+. The summed E-state index contributed by atoms with van der Waals surface area (Å²) in [6, 6.07) is 0. The molecule has 3 rings (SSSR count). The maximum Gasteiger partial charge on any atom is 0.0878 e. The Balaban J connectivity index is 1.47. The van der Waals surface area contributed by atoms with Crippen LogP contribution in [-0.4, -0.2) is 51.8 Å². The van der Waals surface area contributed by atoms with Gasteiger partial charge in [-0.15, -0.1) is 0 Å². The second-order valence-electron chi connectivity index (χ2n) is 6.34. The fourth-order valence-electron chi connectivity index (χ4n) is 2.98. The molecule has 4 nitrogen and oxygen atoms in total. The minimum Gasteiger partial charge on any atom is -0.373 e. The molecule has 0 aromatic rings. The first-order valence-corrected chi connectivity index (χ1v) is 8.52. The van der Waals surface area contributed by atoms with Gasteiger partial charge in [-0.05, 0) is 35.1 Å². The smallest absolute Gasteiger partial charge is 0.0878 e. The van der Waals surface area contributed by atoms with E-state index in [1.807, 2.05) is 0 Å². The summed E-state index contributed by atoms with van der Waals surface area (Å²) in [5.74, 6) is 0. The minimum atomic E-state index is 0.0521. The van der Waals surface area contributed by atoms with Gasteiger partial charge in [-0.25, -0.2) is 0 Å². The van der Waals surface area contributed by atoms with Crippen molar-refractivity contribution in [2.24, 2.45) is 0 Å². The highest BCUT2D eigenvalue weighted by Gasteiger charge is 2.25. The lowest BCUT2D eigenvalue weighted by atomic mass is 10.0. The van der Waals surface area contributed by atoms with Gasteiger partial charge in [0.25, 0.3) is 0 Å². The molecule has 0 spiro atoms. The third-order valence-electron chi connectivity index (χ3n) is 4.58. The Labute approximate surface area is 144 Å². The molecule has 0 amide bonds. The zero-order valence-electron chi connectivity index (χ0n) is 14.2. The molecule has 0 saturated carbocycles.